The predicted molar refractivity (Wildman–Crippen MR) is 95.7 cm³/mol. The number of ketones is 1. The Hall–Kier alpha value is -2.55. The van der Waals surface area contributed by atoms with Crippen molar-refractivity contribution in [2.75, 3.05) is 7.11 Å². The number of fused-ring (bicyclic) bond motifs is 1. The molecule has 0 bridgehead atoms. The maximum atomic E-state index is 13.2. The molecular weight excluding hydrogens is 312 g/mol. The van der Waals surface area contributed by atoms with E-state index in [1.54, 1.807) is 25.3 Å². The fraction of sp³-hybridized carbons (Fsp3) is 0.0909. The lowest BCUT2D eigenvalue weighted by Crippen LogP contribution is -2.24. The molecule has 1 aliphatic heterocycles. The number of allylic oxidation sites excluding steroid dienone is 1. The van der Waals surface area contributed by atoms with Crippen LogP contribution in [0.3, 0.4) is 0 Å². The van der Waals surface area contributed by atoms with E-state index in [0.29, 0.717) is 22.6 Å². The summed E-state index contributed by atoms with van der Waals surface area (Å²) in [6.45, 7) is 0. The van der Waals surface area contributed by atoms with Crippen molar-refractivity contribution in [3.8, 4) is 11.5 Å². The van der Waals surface area contributed by atoms with E-state index in [1.807, 2.05) is 62.1 Å². The largest absolute Gasteiger partial charge is 0.497 e. The molecule has 1 saturated carbocycles. The van der Waals surface area contributed by atoms with Gasteiger partial charge in [0.15, 0.2) is 11.9 Å². The molecule has 1 atom stereocenters. The number of methoxy groups -OCH3 is 1. The quantitative estimate of drug-likeness (QED) is 0.786. The van der Waals surface area contributed by atoms with E-state index in [4.69, 9.17) is 9.47 Å². The number of ether oxygens (including phenoxy) is 2. The third-order valence-electron chi connectivity index (χ3n) is 4.33. The number of hydrogen-bond donors (Lipinski definition) is 0. The van der Waals surface area contributed by atoms with Crippen LogP contribution in [-0.4, -0.2) is 12.9 Å². The molecule has 25 heavy (non-hydrogen) atoms. The lowest BCUT2D eigenvalue weighted by molar-refractivity contribution is 0.0960. The van der Waals surface area contributed by atoms with Gasteiger partial charge in [0.1, 0.15) is 11.5 Å². The van der Waals surface area contributed by atoms with E-state index in [-0.39, 0.29) is 5.78 Å². The molecule has 0 spiro atoms. The number of benzene rings is 2. The Labute approximate surface area is 148 Å². The van der Waals surface area contributed by atoms with Crippen LogP contribution in [0, 0.1) is 31.6 Å². The van der Waals surface area contributed by atoms with Crippen molar-refractivity contribution in [1.82, 2.24) is 0 Å². The summed E-state index contributed by atoms with van der Waals surface area (Å²) in [5.41, 5.74) is 2.11. The molecule has 1 heterocycles. The van der Waals surface area contributed by atoms with E-state index in [9.17, 15) is 4.79 Å². The minimum Gasteiger partial charge on any atom is -0.497 e. The van der Waals surface area contributed by atoms with Gasteiger partial charge < -0.3 is 9.47 Å². The summed E-state index contributed by atoms with van der Waals surface area (Å²) in [7, 11) is 1.59. The van der Waals surface area contributed by atoms with Crippen LogP contribution in [0.4, 0.5) is 0 Å². The van der Waals surface area contributed by atoms with Crippen molar-refractivity contribution in [3.05, 3.63) is 103 Å². The summed E-state index contributed by atoms with van der Waals surface area (Å²) in [6, 6.07) is 15.1. The Bertz CT molecular complexity index is 801. The van der Waals surface area contributed by atoms with Crippen molar-refractivity contribution in [2.45, 2.75) is 6.10 Å². The van der Waals surface area contributed by atoms with E-state index < -0.39 is 6.10 Å². The lowest BCUT2D eigenvalue weighted by Gasteiger charge is -2.29. The molecule has 4 rings (SSSR count). The Morgan fingerprint density at radius 2 is 1.80 bits per heavy atom. The number of rotatable bonds is 3. The van der Waals surface area contributed by atoms with Gasteiger partial charge in [0.2, 0.25) is 0 Å². The second kappa shape index (κ2) is 6.75. The van der Waals surface area contributed by atoms with E-state index >= 15 is 0 Å². The van der Waals surface area contributed by atoms with Gasteiger partial charge in [-0.1, -0.05) is 36.4 Å². The molecule has 3 nitrogen and oxygen atoms in total. The van der Waals surface area contributed by atoms with Gasteiger partial charge in [0, 0.05) is 11.5 Å². The summed E-state index contributed by atoms with van der Waals surface area (Å²) in [5.74, 6) is 2.18. The molecular formula is C22H17O3. The molecule has 0 aromatic heterocycles. The summed E-state index contributed by atoms with van der Waals surface area (Å²) < 4.78 is 11.5. The average Bonchev–Trinajstić information content (AvgIpc) is 3.17. The molecule has 123 valence electrons. The zero-order valence-corrected chi connectivity index (χ0v) is 13.8. The van der Waals surface area contributed by atoms with E-state index in [2.05, 4.69) is 0 Å². The fourth-order valence-electron chi connectivity index (χ4n) is 3.06. The van der Waals surface area contributed by atoms with Crippen LogP contribution >= 0.6 is 0 Å². The second-order valence-electron chi connectivity index (χ2n) is 5.92. The van der Waals surface area contributed by atoms with Gasteiger partial charge >= 0.3 is 0 Å². The van der Waals surface area contributed by atoms with Crippen LogP contribution in [0.25, 0.3) is 0 Å². The SMILES string of the molecule is COc1ccc2c(c1)C(=O)/C(=C\[C]1[CH][CH][CH][CH]1)C(c1ccccc1)O2. The average molecular weight is 329 g/mol. The highest BCUT2D eigenvalue weighted by Gasteiger charge is 2.34. The zero-order chi connectivity index (χ0) is 17.2. The van der Waals surface area contributed by atoms with Crippen molar-refractivity contribution in [3.63, 3.8) is 0 Å². The second-order valence-corrected chi connectivity index (χ2v) is 5.92. The summed E-state index contributed by atoms with van der Waals surface area (Å²) >= 11 is 0. The molecule has 3 heteroatoms. The number of carbonyl (C=O) groups is 1. The van der Waals surface area contributed by atoms with Gasteiger partial charge in [-0.15, -0.1) is 0 Å². The first-order valence-corrected chi connectivity index (χ1v) is 8.14. The third kappa shape index (κ3) is 3.07. The van der Waals surface area contributed by atoms with Gasteiger partial charge in [0.25, 0.3) is 0 Å². The normalized spacial score (nSPS) is 21.9. The first-order chi connectivity index (χ1) is 12.3. The summed E-state index contributed by atoms with van der Waals surface area (Å²) in [6.07, 6.45) is 9.34. The first kappa shape index (κ1) is 15.9. The molecule has 0 N–H and O–H groups in total. The monoisotopic (exact) mass is 329 g/mol. The topological polar surface area (TPSA) is 35.5 Å². The summed E-state index contributed by atoms with van der Waals surface area (Å²) in [5, 5.41) is 0. The maximum Gasteiger partial charge on any atom is 0.196 e. The first-order valence-electron chi connectivity index (χ1n) is 8.14. The smallest absolute Gasteiger partial charge is 0.196 e. The molecule has 1 fully saturated rings. The van der Waals surface area contributed by atoms with E-state index in [1.165, 1.54) is 0 Å². The Morgan fingerprint density at radius 1 is 1.04 bits per heavy atom. The maximum absolute atomic E-state index is 13.2. The van der Waals surface area contributed by atoms with Gasteiger partial charge in [-0.2, -0.15) is 0 Å². The minimum atomic E-state index is -0.426. The number of hydrogen-bond acceptors (Lipinski definition) is 3. The fourth-order valence-corrected chi connectivity index (χ4v) is 3.06. The van der Waals surface area contributed by atoms with E-state index in [0.717, 1.165) is 11.5 Å². The molecule has 1 aliphatic carbocycles. The van der Waals surface area contributed by atoms with Crippen molar-refractivity contribution in [1.29, 1.82) is 0 Å². The van der Waals surface area contributed by atoms with Crippen LogP contribution in [-0.2, 0) is 0 Å². The molecule has 0 amide bonds. The van der Waals surface area contributed by atoms with Gasteiger partial charge in [0.05, 0.1) is 12.7 Å². The molecule has 1 unspecified atom stereocenters. The standard InChI is InChI=1S/C22H17O3/c1-24-17-11-12-20-18(14-17)21(23)19(13-15-7-5-6-8-15)22(25-20)16-9-3-2-4-10-16/h2-14,22H,1H3/b19-13+. The highest BCUT2D eigenvalue weighted by Crippen LogP contribution is 2.41. The van der Waals surface area contributed by atoms with Crippen LogP contribution in [0.1, 0.15) is 22.0 Å². The molecule has 0 saturated heterocycles. The van der Waals surface area contributed by atoms with Gasteiger partial charge in [-0.05, 0) is 49.4 Å². The highest BCUT2D eigenvalue weighted by molar-refractivity contribution is 6.12. The molecule has 2 aromatic rings. The van der Waals surface area contributed by atoms with Gasteiger partial charge in [-0.3, -0.25) is 4.79 Å². The number of carbonyl (C=O) groups excluding carboxylic acids is 1. The third-order valence-corrected chi connectivity index (χ3v) is 4.33. The minimum absolute atomic E-state index is 0.0322. The summed E-state index contributed by atoms with van der Waals surface area (Å²) in [4.78, 5) is 13.2. The molecule has 2 aliphatic rings. The van der Waals surface area contributed by atoms with Crippen LogP contribution in [0.15, 0.2) is 60.2 Å². The Balaban J connectivity index is 1.80. The van der Waals surface area contributed by atoms with Gasteiger partial charge in [-0.25, -0.2) is 0 Å². The highest BCUT2D eigenvalue weighted by atomic mass is 16.5. The predicted octanol–water partition coefficient (Wildman–Crippen LogP) is 4.34. The van der Waals surface area contributed by atoms with Crippen molar-refractivity contribution < 1.29 is 14.3 Å². The number of Topliss-reactive ketones (excluding diaryl/α,β-unsaturated/α-hetero) is 1. The van der Waals surface area contributed by atoms with Crippen LogP contribution in [0.2, 0.25) is 0 Å². The lowest BCUT2D eigenvalue weighted by atomic mass is 9.88. The molecule has 5 radical (unpaired) electrons. The van der Waals surface area contributed by atoms with Crippen LogP contribution in [0.5, 0.6) is 11.5 Å². The van der Waals surface area contributed by atoms with Crippen LogP contribution < -0.4 is 9.47 Å². The van der Waals surface area contributed by atoms with Crippen molar-refractivity contribution in [2.24, 2.45) is 0 Å². The Morgan fingerprint density at radius 3 is 2.52 bits per heavy atom. The zero-order valence-electron chi connectivity index (χ0n) is 13.8. The van der Waals surface area contributed by atoms with Crippen molar-refractivity contribution >= 4 is 5.78 Å². The molecule has 2 aromatic carbocycles. The Kier molecular flexibility index (Phi) is 4.31.